The minimum Gasteiger partial charge on any atom is -0.469 e. The lowest BCUT2D eigenvalue weighted by molar-refractivity contribution is 0.0908. The maximum atomic E-state index is 14.0. The van der Waals surface area contributed by atoms with Gasteiger partial charge in [0.25, 0.3) is 0 Å². The largest absolute Gasteiger partial charge is 0.469 e. The Balaban J connectivity index is 1.44. The molecule has 1 aromatic heterocycles. The van der Waals surface area contributed by atoms with Crippen molar-refractivity contribution in [1.29, 1.82) is 0 Å². The van der Waals surface area contributed by atoms with Gasteiger partial charge in [-0.1, -0.05) is 53.5 Å². The summed E-state index contributed by atoms with van der Waals surface area (Å²) in [6.45, 7) is 0.821. The fraction of sp³-hybridized carbons (Fsp3) is 0.370. The highest BCUT2D eigenvalue weighted by atomic mass is 35.5. The van der Waals surface area contributed by atoms with Crippen molar-refractivity contribution in [3.05, 3.63) is 80.5 Å². The summed E-state index contributed by atoms with van der Waals surface area (Å²) in [7, 11) is -1.35. The summed E-state index contributed by atoms with van der Waals surface area (Å²) in [4.78, 5) is 28.6. The van der Waals surface area contributed by atoms with E-state index in [-0.39, 0.29) is 52.1 Å². The van der Waals surface area contributed by atoms with E-state index in [0.29, 0.717) is 47.0 Å². The Kier molecular flexibility index (Phi) is 7.64. The molecule has 0 bridgehead atoms. The van der Waals surface area contributed by atoms with Crippen LogP contribution in [0.2, 0.25) is 10.0 Å². The maximum Gasteiger partial charge on any atom is 0.223 e. The van der Waals surface area contributed by atoms with E-state index in [0.717, 1.165) is 12.8 Å². The van der Waals surface area contributed by atoms with Crippen molar-refractivity contribution in [2.75, 3.05) is 31.2 Å². The molecule has 0 N–H and O–H groups in total. The number of benzene rings is 2. The molecule has 0 amide bonds. The van der Waals surface area contributed by atoms with E-state index in [2.05, 4.69) is 5.10 Å². The van der Waals surface area contributed by atoms with Crippen molar-refractivity contribution in [2.45, 2.75) is 25.3 Å². The van der Waals surface area contributed by atoms with Crippen molar-refractivity contribution in [3.8, 4) is 5.88 Å². The van der Waals surface area contributed by atoms with E-state index in [4.69, 9.17) is 27.9 Å². The summed E-state index contributed by atoms with van der Waals surface area (Å²) in [5.74, 6) is -0.0640. The molecule has 200 valence electrons. The van der Waals surface area contributed by atoms with Crippen LogP contribution in [-0.2, 0) is 23.4 Å². The van der Waals surface area contributed by atoms with Crippen LogP contribution in [0.3, 0.4) is 0 Å². The van der Waals surface area contributed by atoms with Crippen molar-refractivity contribution in [2.24, 2.45) is 7.05 Å². The molecule has 5 rings (SSSR count). The van der Waals surface area contributed by atoms with Crippen LogP contribution in [0, 0.1) is 0 Å². The van der Waals surface area contributed by atoms with E-state index in [1.54, 1.807) is 43.4 Å². The first-order valence-corrected chi connectivity index (χ1v) is 14.9. The summed E-state index contributed by atoms with van der Waals surface area (Å²) in [6, 6.07) is 12.0. The number of sulfone groups is 1. The predicted molar refractivity (Wildman–Crippen MR) is 145 cm³/mol. The number of carbonyl (C=O) groups excluding carboxylic acids is 2. The molecular weight excluding hydrogens is 549 g/mol. The Morgan fingerprint density at radius 2 is 1.74 bits per heavy atom. The number of ketones is 2. The van der Waals surface area contributed by atoms with Crippen molar-refractivity contribution in [3.63, 3.8) is 0 Å². The number of aromatic nitrogens is 2. The van der Waals surface area contributed by atoms with Gasteiger partial charge in [0.1, 0.15) is 5.56 Å². The molecule has 1 aliphatic carbocycles. The molecule has 2 heterocycles. The fourth-order valence-electron chi connectivity index (χ4n) is 4.58. The molecule has 2 aliphatic rings. The van der Waals surface area contributed by atoms with Crippen LogP contribution in [0.5, 0.6) is 5.88 Å². The van der Waals surface area contributed by atoms with Gasteiger partial charge in [-0.05, 0) is 25.0 Å². The minimum atomic E-state index is -3.03. The number of halogens is 2. The lowest BCUT2D eigenvalue weighted by atomic mass is 9.99. The van der Waals surface area contributed by atoms with Crippen molar-refractivity contribution < 1.29 is 22.7 Å². The van der Waals surface area contributed by atoms with Crippen LogP contribution >= 0.6 is 23.2 Å². The quantitative estimate of drug-likeness (QED) is 0.350. The predicted octanol–water partition coefficient (Wildman–Crippen LogP) is 4.33. The molecule has 1 saturated carbocycles. The summed E-state index contributed by atoms with van der Waals surface area (Å²) in [6.07, 6.45) is 1.83. The average Bonchev–Trinajstić information content (AvgIpc) is 3.69. The third-order valence-electron chi connectivity index (χ3n) is 6.90. The van der Waals surface area contributed by atoms with E-state index in [1.807, 2.05) is 11.0 Å². The number of aryl methyl sites for hydroxylation is 1. The van der Waals surface area contributed by atoms with Gasteiger partial charge in [0.2, 0.25) is 11.7 Å². The smallest absolute Gasteiger partial charge is 0.223 e. The Morgan fingerprint density at radius 3 is 2.39 bits per heavy atom. The van der Waals surface area contributed by atoms with Crippen molar-refractivity contribution >= 4 is 44.6 Å². The van der Waals surface area contributed by atoms with E-state index in [9.17, 15) is 18.0 Å². The van der Waals surface area contributed by atoms with Crippen LogP contribution in [0.1, 0.15) is 56.3 Å². The van der Waals surface area contributed by atoms with E-state index >= 15 is 0 Å². The zero-order valence-electron chi connectivity index (χ0n) is 20.8. The lowest BCUT2D eigenvalue weighted by Gasteiger charge is -2.27. The first-order valence-electron chi connectivity index (χ1n) is 12.4. The second kappa shape index (κ2) is 10.8. The molecule has 2 aromatic carbocycles. The number of Topliss-reactive ketones (excluding diaryl/α,β-unsaturated/α-hetero) is 1. The fourth-order valence-corrected chi connectivity index (χ4v) is 6.43. The molecule has 0 spiro atoms. The highest BCUT2D eigenvalue weighted by Gasteiger charge is 2.36. The minimum absolute atomic E-state index is 0.0731. The lowest BCUT2D eigenvalue weighted by Crippen LogP contribution is -2.39. The first-order chi connectivity index (χ1) is 18.1. The van der Waals surface area contributed by atoms with Gasteiger partial charge in [0.05, 0.1) is 22.2 Å². The van der Waals surface area contributed by atoms with Crippen LogP contribution in [0.4, 0.5) is 0 Å². The Morgan fingerprint density at radius 1 is 1.05 bits per heavy atom. The second-order valence-corrected chi connectivity index (χ2v) is 12.8. The number of rotatable bonds is 9. The standard InChI is InChI=1S/C27H27Cl2N3O5S/c1-31-27(37-16-22(33)17-5-3-2-4-6-17)23(25(30-31)18-7-8-18)26(34)19-9-10-21(28)20(24(19)29)15-32-11-13-38(35,36)14-12-32/h2-6,9-10,18H,7-8,11-16H2,1H3. The van der Waals surface area contributed by atoms with Gasteiger partial charge in [-0.25, -0.2) is 13.1 Å². The highest BCUT2D eigenvalue weighted by molar-refractivity contribution is 7.91. The summed E-state index contributed by atoms with van der Waals surface area (Å²) in [5, 5.41) is 5.19. The third kappa shape index (κ3) is 5.66. The third-order valence-corrected chi connectivity index (χ3v) is 9.29. The molecule has 38 heavy (non-hydrogen) atoms. The molecule has 1 saturated heterocycles. The second-order valence-electron chi connectivity index (χ2n) is 9.69. The number of nitrogens with zero attached hydrogens (tertiary/aromatic N) is 3. The maximum absolute atomic E-state index is 14.0. The molecule has 0 unspecified atom stereocenters. The van der Waals surface area contributed by atoms with Crippen LogP contribution in [0.15, 0.2) is 42.5 Å². The summed E-state index contributed by atoms with van der Waals surface area (Å²) < 4.78 is 31.1. The van der Waals surface area contributed by atoms with Gasteiger partial charge in [0.15, 0.2) is 22.2 Å². The van der Waals surface area contributed by atoms with Crippen molar-refractivity contribution in [1.82, 2.24) is 14.7 Å². The number of ether oxygens (including phenoxy) is 1. The molecule has 1 aliphatic heterocycles. The van der Waals surface area contributed by atoms with Gasteiger partial charge in [0, 0.05) is 54.3 Å². The Hall–Kier alpha value is -2.72. The molecular formula is C27H27Cl2N3O5S. The van der Waals surface area contributed by atoms with Crippen LogP contribution in [0.25, 0.3) is 0 Å². The molecule has 8 nitrogen and oxygen atoms in total. The van der Waals surface area contributed by atoms with Gasteiger partial charge < -0.3 is 4.74 Å². The Labute approximate surface area is 231 Å². The van der Waals surface area contributed by atoms with Gasteiger partial charge in [-0.15, -0.1) is 0 Å². The zero-order valence-corrected chi connectivity index (χ0v) is 23.2. The summed E-state index contributed by atoms with van der Waals surface area (Å²) in [5.41, 5.74) is 2.27. The van der Waals surface area contributed by atoms with Crippen LogP contribution < -0.4 is 4.74 Å². The van der Waals surface area contributed by atoms with Gasteiger partial charge in [-0.3, -0.25) is 14.5 Å². The average molecular weight is 577 g/mol. The molecule has 0 atom stereocenters. The zero-order chi connectivity index (χ0) is 27.0. The number of carbonyl (C=O) groups is 2. The molecule has 11 heteroatoms. The summed E-state index contributed by atoms with van der Waals surface area (Å²) >= 11 is 13.3. The normalized spacial score (nSPS) is 17.3. The first kappa shape index (κ1) is 26.9. The van der Waals surface area contributed by atoms with Crippen LogP contribution in [-0.4, -0.2) is 65.9 Å². The van der Waals surface area contributed by atoms with Gasteiger partial charge >= 0.3 is 0 Å². The van der Waals surface area contributed by atoms with Gasteiger partial charge in [-0.2, -0.15) is 5.10 Å². The molecule has 2 fully saturated rings. The monoisotopic (exact) mass is 575 g/mol. The molecule has 3 aromatic rings. The Bertz CT molecular complexity index is 1490. The molecule has 0 radical (unpaired) electrons. The topological polar surface area (TPSA) is 98.6 Å². The SMILES string of the molecule is Cn1nc(C2CC2)c(C(=O)c2ccc(Cl)c(CN3CCS(=O)(=O)CC3)c2Cl)c1OCC(=O)c1ccccc1. The number of hydrogen-bond acceptors (Lipinski definition) is 7. The van der Waals surface area contributed by atoms with E-state index in [1.165, 1.54) is 4.68 Å². The van der Waals surface area contributed by atoms with E-state index < -0.39 is 9.84 Å². The number of hydrogen-bond donors (Lipinski definition) is 0. The highest BCUT2D eigenvalue weighted by Crippen LogP contribution is 2.44.